The van der Waals surface area contributed by atoms with Crippen LogP contribution in [0.5, 0.6) is 0 Å². The first-order valence-corrected chi connectivity index (χ1v) is 11.8. The Morgan fingerprint density at radius 2 is 1.59 bits per heavy atom. The quantitative estimate of drug-likeness (QED) is 0.254. The molecule has 172 valence electrons. The lowest BCUT2D eigenvalue weighted by Gasteiger charge is -2.13. The third-order valence-corrected chi connectivity index (χ3v) is 6.07. The van der Waals surface area contributed by atoms with Crippen molar-refractivity contribution in [1.82, 2.24) is 9.97 Å². The molecule has 0 N–H and O–H groups in total. The van der Waals surface area contributed by atoms with Crippen molar-refractivity contribution in [1.29, 1.82) is 0 Å². The van der Waals surface area contributed by atoms with Gasteiger partial charge >= 0.3 is 0 Å². The fraction of sp³-hybridized carbons (Fsp3) is 0.226. The third-order valence-electron chi connectivity index (χ3n) is 6.07. The summed E-state index contributed by atoms with van der Waals surface area (Å²) in [6, 6.07) is 19.8. The van der Waals surface area contributed by atoms with Gasteiger partial charge in [0.25, 0.3) is 0 Å². The Bertz CT molecular complexity index is 1370. The second-order valence-electron chi connectivity index (χ2n) is 9.15. The molecular formula is C31H31FN2. The summed E-state index contributed by atoms with van der Waals surface area (Å²) >= 11 is 0. The topological polar surface area (TPSA) is 25.8 Å². The lowest BCUT2D eigenvalue weighted by atomic mass is 9.99. The molecule has 4 rings (SSSR count). The van der Waals surface area contributed by atoms with Crippen LogP contribution in [-0.2, 0) is 19.3 Å². The van der Waals surface area contributed by atoms with Crippen LogP contribution in [0, 0.1) is 12.7 Å². The Morgan fingerprint density at radius 3 is 2.29 bits per heavy atom. The van der Waals surface area contributed by atoms with Crippen molar-refractivity contribution in [3.8, 4) is 11.3 Å². The van der Waals surface area contributed by atoms with E-state index in [-0.39, 0.29) is 5.82 Å². The number of nitrogens with zero attached hydrogens (tertiary/aromatic N) is 2. The van der Waals surface area contributed by atoms with Crippen molar-refractivity contribution in [3.63, 3.8) is 0 Å². The number of aromatic nitrogens is 2. The lowest BCUT2D eigenvalue weighted by Crippen LogP contribution is -2.03. The van der Waals surface area contributed by atoms with Gasteiger partial charge in [-0.3, -0.25) is 0 Å². The Morgan fingerprint density at radius 1 is 0.853 bits per heavy atom. The van der Waals surface area contributed by atoms with E-state index in [0.29, 0.717) is 19.3 Å². The molecule has 0 aliphatic heterocycles. The Kier molecular flexibility index (Phi) is 7.02. The molecule has 0 atom stereocenters. The van der Waals surface area contributed by atoms with Crippen LogP contribution in [-0.4, -0.2) is 9.97 Å². The molecule has 0 amide bonds. The van der Waals surface area contributed by atoms with E-state index >= 15 is 0 Å². The number of hydrogen-bond acceptors (Lipinski definition) is 2. The molecule has 0 radical (unpaired) electrons. The highest BCUT2D eigenvalue weighted by Crippen LogP contribution is 2.27. The predicted molar refractivity (Wildman–Crippen MR) is 141 cm³/mol. The van der Waals surface area contributed by atoms with Gasteiger partial charge in [-0.2, -0.15) is 0 Å². The summed E-state index contributed by atoms with van der Waals surface area (Å²) < 4.78 is 14.3. The van der Waals surface area contributed by atoms with Gasteiger partial charge in [0.1, 0.15) is 5.82 Å². The Hall–Kier alpha value is -3.59. The molecule has 3 heteroatoms. The van der Waals surface area contributed by atoms with Crippen molar-refractivity contribution in [3.05, 3.63) is 113 Å². The van der Waals surface area contributed by atoms with Crippen LogP contribution in [0.2, 0.25) is 0 Å². The zero-order valence-electron chi connectivity index (χ0n) is 20.3. The number of hydrogen-bond donors (Lipinski definition) is 0. The number of aryl methyl sites for hydroxylation is 3. The molecule has 1 aromatic heterocycles. The first-order valence-electron chi connectivity index (χ1n) is 11.8. The van der Waals surface area contributed by atoms with Gasteiger partial charge in [0.2, 0.25) is 0 Å². The molecule has 0 saturated carbocycles. The molecule has 0 fully saturated rings. The average molecular weight is 451 g/mol. The van der Waals surface area contributed by atoms with Crippen LogP contribution in [0.15, 0.2) is 79.4 Å². The fourth-order valence-corrected chi connectivity index (χ4v) is 4.21. The van der Waals surface area contributed by atoms with Gasteiger partial charge in [0.05, 0.1) is 22.4 Å². The van der Waals surface area contributed by atoms with Crippen molar-refractivity contribution < 1.29 is 4.39 Å². The molecule has 1 heterocycles. The maximum Gasteiger partial charge on any atom is 0.123 e. The fourth-order valence-electron chi connectivity index (χ4n) is 4.21. The van der Waals surface area contributed by atoms with Gasteiger partial charge in [-0.1, -0.05) is 67.6 Å². The number of halogens is 1. The summed E-state index contributed by atoms with van der Waals surface area (Å²) in [5.41, 5.74) is 10.9. The Balaban J connectivity index is 1.74. The predicted octanol–water partition coefficient (Wildman–Crippen LogP) is 8.07. The molecule has 2 nitrogen and oxygen atoms in total. The van der Waals surface area contributed by atoms with E-state index in [4.69, 9.17) is 9.97 Å². The summed E-state index contributed by atoms with van der Waals surface area (Å²) in [5, 5.41) is 0. The molecular weight excluding hydrogens is 419 g/mol. The highest BCUT2D eigenvalue weighted by molar-refractivity contribution is 5.82. The largest absolute Gasteiger partial charge is 0.249 e. The molecule has 34 heavy (non-hydrogen) atoms. The van der Waals surface area contributed by atoms with Crippen LogP contribution >= 0.6 is 0 Å². The summed E-state index contributed by atoms with van der Waals surface area (Å²) in [5.74, 6) is -0.208. The smallest absolute Gasteiger partial charge is 0.123 e. The number of allylic oxidation sites excluding steroid dienone is 2. The summed E-state index contributed by atoms with van der Waals surface area (Å²) in [4.78, 5) is 10.1. The summed E-state index contributed by atoms with van der Waals surface area (Å²) in [6.07, 6.45) is 2.92. The Labute approximate surface area is 201 Å². The second kappa shape index (κ2) is 10.1. The first kappa shape index (κ1) is 23.6. The van der Waals surface area contributed by atoms with E-state index < -0.39 is 0 Å². The van der Waals surface area contributed by atoms with Crippen molar-refractivity contribution in [2.75, 3.05) is 0 Å². The minimum Gasteiger partial charge on any atom is -0.249 e. The highest BCUT2D eigenvalue weighted by Gasteiger charge is 2.13. The minimum atomic E-state index is -0.208. The number of fused-ring (bicyclic) bond motifs is 1. The van der Waals surface area contributed by atoms with Gasteiger partial charge in [-0.15, -0.1) is 0 Å². The molecule has 0 saturated heterocycles. The van der Waals surface area contributed by atoms with Crippen molar-refractivity contribution >= 4 is 16.6 Å². The van der Waals surface area contributed by atoms with Crippen LogP contribution in [0.3, 0.4) is 0 Å². The molecule has 4 aromatic rings. The van der Waals surface area contributed by atoms with Crippen LogP contribution in [0.4, 0.5) is 4.39 Å². The average Bonchev–Trinajstić information content (AvgIpc) is 2.81. The molecule has 0 bridgehead atoms. The molecule has 0 aliphatic carbocycles. The second-order valence-corrected chi connectivity index (χ2v) is 9.15. The standard InChI is InChI=1S/C31H31FN2/c1-6-22(5)26-12-14-28-30(19-26)33-29(31(34-28)25-10-7-21(4)8-11-25)13-9-23-16-24(15-20(2)3)18-27(32)17-23/h7-8,10-12,14,16-19H,2,5-6,9,13,15H2,1,3-4H3. The van der Waals surface area contributed by atoms with Crippen molar-refractivity contribution in [2.24, 2.45) is 0 Å². The maximum absolute atomic E-state index is 14.3. The monoisotopic (exact) mass is 450 g/mol. The molecule has 0 aliphatic rings. The molecule has 0 unspecified atom stereocenters. The van der Waals surface area contributed by atoms with E-state index in [1.54, 1.807) is 12.1 Å². The summed E-state index contributed by atoms with van der Waals surface area (Å²) in [7, 11) is 0. The van der Waals surface area contributed by atoms with E-state index in [1.807, 2.05) is 13.0 Å². The van der Waals surface area contributed by atoms with E-state index in [2.05, 4.69) is 69.5 Å². The van der Waals surface area contributed by atoms with E-state index in [9.17, 15) is 4.39 Å². The van der Waals surface area contributed by atoms with Gasteiger partial charge < -0.3 is 0 Å². The highest BCUT2D eigenvalue weighted by atomic mass is 19.1. The third kappa shape index (κ3) is 5.48. The van der Waals surface area contributed by atoms with Crippen molar-refractivity contribution in [2.45, 2.75) is 46.5 Å². The van der Waals surface area contributed by atoms with Gasteiger partial charge in [0, 0.05) is 5.56 Å². The molecule has 0 spiro atoms. The van der Waals surface area contributed by atoms with E-state index in [0.717, 1.165) is 62.2 Å². The summed E-state index contributed by atoms with van der Waals surface area (Å²) in [6.45, 7) is 14.3. The van der Waals surface area contributed by atoms with Gasteiger partial charge in [0.15, 0.2) is 0 Å². The maximum atomic E-state index is 14.3. The first-order chi connectivity index (χ1) is 16.3. The molecule has 3 aromatic carbocycles. The zero-order valence-corrected chi connectivity index (χ0v) is 20.3. The number of benzene rings is 3. The van der Waals surface area contributed by atoms with Gasteiger partial charge in [-0.25, -0.2) is 14.4 Å². The SMILES string of the molecule is C=C(C)Cc1cc(F)cc(CCc2nc3cc(C(=C)CC)ccc3nc2-c2ccc(C)cc2)c1. The number of rotatable bonds is 8. The normalized spacial score (nSPS) is 11.1. The van der Waals surface area contributed by atoms with Gasteiger partial charge in [-0.05, 0) is 86.1 Å². The van der Waals surface area contributed by atoms with Crippen LogP contribution < -0.4 is 0 Å². The van der Waals surface area contributed by atoms with Crippen LogP contribution in [0.1, 0.15) is 48.2 Å². The van der Waals surface area contributed by atoms with Crippen LogP contribution in [0.25, 0.3) is 27.9 Å². The minimum absolute atomic E-state index is 0.208. The van der Waals surface area contributed by atoms with E-state index in [1.165, 1.54) is 5.56 Å². The zero-order chi connectivity index (χ0) is 24.2. The lowest BCUT2D eigenvalue weighted by molar-refractivity contribution is 0.623.